The van der Waals surface area contributed by atoms with Gasteiger partial charge in [0.2, 0.25) is 0 Å². The molecule has 0 radical (unpaired) electrons. The number of ether oxygens (including phenoxy) is 5. The molecule has 3 unspecified atom stereocenters. The van der Waals surface area contributed by atoms with Gasteiger partial charge in [0.1, 0.15) is 5.60 Å². The van der Waals surface area contributed by atoms with Gasteiger partial charge >= 0.3 is 12.1 Å². The largest absolute Gasteiger partial charge is 0.493 e. The van der Waals surface area contributed by atoms with Crippen molar-refractivity contribution in [3.05, 3.63) is 23.8 Å². The summed E-state index contributed by atoms with van der Waals surface area (Å²) in [5, 5.41) is 0. The number of benzene rings is 1. The Kier molecular flexibility index (Phi) is 13.9. The van der Waals surface area contributed by atoms with Crippen LogP contribution >= 0.6 is 0 Å². The molecule has 0 saturated carbocycles. The molecule has 1 heterocycles. The van der Waals surface area contributed by atoms with Gasteiger partial charge in [-0.2, -0.15) is 0 Å². The van der Waals surface area contributed by atoms with Crippen LogP contribution in [0.15, 0.2) is 18.2 Å². The number of carbonyl (C=O) groups excluding carboxylic acids is 3. The lowest BCUT2D eigenvalue weighted by Crippen LogP contribution is -2.42. The fourth-order valence-corrected chi connectivity index (χ4v) is 5.20. The van der Waals surface area contributed by atoms with E-state index in [2.05, 4.69) is 0 Å². The van der Waals surface area contributed by atoms with Crippen molar-refractivity contribution in [1.29, 1.82) is 0 Å². The van der Waals surface area contributed by atoms with Crippen molar-refractivity contribution in [3.8, 4) is 11.5 Å². The van der Waals surface area contributed by atoms with Gasteiger partial charge in [-0.15, -0.1) is 0 Å². The molecule has 1 aromatic rings. The lowest BCUT2D eigenvalue weighted by molar-refractivity contribution is -0.148. The Labute approximate surface area is 251 Å². The molecule has 3 atom stereocenters. The zero-order chi connectivity index (χ0) is 31.4. The van der Waals surface area contributed by atoms with Crippen molar-refractivity contribution in [2.24, 2.45) is 17.8 Å². The summed E-state index contributed by atoms with van der Waals surface area (Å²) in [4.78, 5) is 43.2. The van der Waals surface area contributed by atoms with Gasteiger partial charge in [-0.25, -0.2) is 4.79 Å². The average molecular weight is 593 g/mol. The van der Waals surface area contributed by atoms with Crippen LogP contribution in [-0.4, -0.2) is 93.1 Å². The van der Waals surface area contributed by atoms with Crippen molar-refractivity contribution < 1.29 is 38.1 Å². The molecule has 0 spiro atoms. The van der Waals surface area contributed by atoms with Crippen LogP contribution in [0, 0.1) is 17.8 Å². The zero-order valence-corrected chi connectivity index (χ0v) is 27.1. The quantitative estimate of drug-likeness (QED) is 0.196. The predicted octanol–water partition coefficient (Wildman–Crippen LogP) is 5.42. The fraction of sp³-hybridized carbons (Fsp3) is 0.719. The predicted molar refractivity (Wildman–Crippen MR) is 161 cm³/mol. The number of nitrogens with zero attached hydrogens (tertiary/aromatic N) is 2. The number of methoxy groups -OCH3 is 2. The van der Waals surface area contributed by atoms with Gasteiger partial charge in [0.05, 0.1) is 26.2 Å². The number of hydrogen-bond acceptors (Lipinski definition) is 8. The molecule has 1 aliphatic heterocycles. The molecular weight excluding hydrogens is 540 g/mol. The summed E-state index contributed by atoms with van der Waals surface area (Å²) in [6, 6.07) is 5.10. The smallest absolute Gasteiger partial charge is 0.410 e. The molecule has 0 N–H and O–H groups in total. The Bertz CT molecular complexity index is 1020. The highest BCUT2D eigenvalue weighted by molar-refractivity contribution is 5.95. The molecule has 0 aromatic heterocycles. The van der Waals surface area contributed by atoms with Crippen LogP contribution in [0.4, 0.5) is 4.79 Å². The van der Waals surface area contributed by atoms with Crippen molar-refractivity contribution >= 4 is 18.0 Å². The number of esters is 1. The maximum Gasteiger partial charge on any atom is 0.410 e. The highest BCUT2D eigenvalue weighted by Crippen LogP contribution is 2.34. The van der Waals surface area contributed by atoms with E-state index in [-0.39, 0.29) is 41.8 Å². The summed E-state index contributed by atoms with van der Waals surface area (Å²) in [5.74, 6) is 0.362. The van der Waals surface area contributed by atoms with Crippen molar-refractivity contribution in [2.75, 3.05) is 53.7 Å². The van der Waals surface area contributed by atoms with Gasteiger partial charge in [0, 0.05) is 51.4 Å². The first-order chi connectivity index (χ1) is 19.8. The molecule has 0 bridgehead atoms. The zero-order valence-electron chi connectivity index (χ0n) is 27.1. The Morgan fingerprint density at radius 2 is 1.71 bits per heavy atom. The van der Waals surface area contributed by atoms with E-state index >= 15 is 0 Å². The maximum atomic E-state index is 13.9. The second-order valence-electron chi connectivity index (χ2n) is 12.1. The standard InChI is InChI=1S/C32H52N2O8/c1-10-23(30(36)40-11-2)17-25-19-33(31(37)42-32(5,6)7)20-26(25)21-34(22(3)4)29(35)24-13-14-27(39-9)28(18-24)41-16-12-15-38-8/h13-14,18,22-23,25-26H,10-12,15-17,19-21H2,1-9H3. The van der Waals surface area contributed by atoms with Gasteiger partial charge in [0.25, 0.3) is 5.91 Å². The lowest BCUT2D eigenvalue weighted by atomic mass is 9.85. The van der Waals surface area contributed by atoms with Crippen molar-refractivity contribution in [1.82, 2.24) is 9.80 Å². The molecule has 238 valence electrons. The summed E-state index contributed by atoms with van der Waals surface area (Å²) in [6.45, 7) is 15.9. The first-order valence-electron chi connectivity index (χ1n) is 15.1. The van der Waals surface area contributed by atoms with Gasteiger partial charge < -0.3 is 33.5 Å². The van der Waals surface area contributed by atoms with Crippen molar-refractivity contribution in [3.63, 3.8) is 0 Å². The van der Waals surface area contributed by atoms with Crippen LogP contribution in [0.1, 0.15) is 78.1 Å². The molecule has 0 aliphatic carbocycles. The average Bonchev–Trinajstić information content (AvgIpc) is 3.33. The van der Waals surface area contributed by atoms with E-state index in [9.17, 15) is 14.4 Å². The first-order valence-corrected chi connectivity index (χ1v) is 15.1. The van der Waals surface area contributed by atoms with Gasteiger partial charge in [-0.3, -0.25) is 9.59 Å². The summed E-state index contributed by atoms with van der Waals surface area (Å²) in [5.41, 5.74) is -0.137. The molecular formula is C32H52N2O8. The summed E-state index contributed by atoms with van der Waals surface area (Å²) in [7, 11) is 3.21. The lowest BCUT2D eigenvalue weighted by Gasteiger charge is -2.32. The Morgan fingerprint density at radius 1 is 1.02 bits per heavy atom. The monoisotopic (exact) mass is 592 g/mol. The first kappa shape index (κ1) is 35.2. The Morgan fingerprint density at radius 3 is 2.29 bits per heavy atom. The molecule has 10 heteroatoms. The second-order valence-corrected chi connectivity index (χ2v) is 12.1. The topological polar surface area (TPSA) is 104 Å². The summed E-state index contributed by atoms with van der Waals surface area (Å²) < 4.78 is 27.5. The van der Waals surface area contributed by atoms with E-state index in [0.29, 0.717) is 75.8 Å². The van der Waals surface area contributed by atoms with Crippen LogP contribution in [0.25, 0.3) is 0 Å². The second kappa shape index (κ2) is 16.6. The fourth-order valence-electron chi connectivity index (χ4n) is 5.20. The van der Waals surface area contributed by atoms with E-state index in [1.54, 1.807) is 44.2 Å². The molecule has 2 rings (SSSR count). The minimum absolute atomic E-state index is 0.00327. The number of carbonyl (C=O) groups is 3. The van der Waals surface area contributed by atoms with E-state index in [1.807, 2.05) is 46.4 Å². The number of amides is 2. The molecule has 42 heavy (non-hydrogen) atoms. The summed E-state index contributed by atoms with van der Waals surface area (Å²) in [6.07, 6.45) is 1.53. The van der Waals surface area contributed by atoms with Crippen LogP contribution < -0.4 is 9.47 Å². The third-order valence-electron chi connectivity index (χ3n) is 7.40. The molecule has 2 amide bonds. The van der Waals surface area contributed by atoms with Crippen molar-refractivity contribution in [2.45, 2.75) is 79.4 Å². The third kappa shape index (κ3) is 10.4. The van der Waals surface area contributed by atoms with Crippen LogP contribution in [-0.2, 0) is 19.0 Å². The van der Waals surface area contributed by atoms with E-state index in [0.717, 1.165) is 0 Å². The Hall–Kier alpha value is -3.01. The highest BCUT2D eigenvalue weighted by Gasteiger charge is 2.41. The summed E-state index contributed by atoms with van der Waals surface area (Å²) >= 11 is 0. The number of hydrogen-bond donors (Lipinski definition) is 0. The number of likely N-dealkylation sites (tertiary alicyclic amines) is 1. The minimum atomic E-state index is -0.626. The van der Waals surface area contributed by atoms with Crippen LogP contribution in [0.5, 0.6) is 11.5 Å². The van der Waals surface area contributed by atoms with E-state index in [4.69, 9.17) is 23.7 Å². The van der Waals surface area contributed by atoms with Gasteiger partial charge in [0.15, 0.2) is 11.5 Å². The van der Waals surface area contributed by atoms with Crippen LogP contribution in [0.3, 0.4) is 0 Å². The normalized spacial score (nSPS) is 17.6. The van der Waals surface area contributed by atoms with Gasteiger partial charge in [-0.1, -0.05) is 6.92 Å². The molecule has 10 nitrogen and oxygen atoms in total. The molecule has 1 aliphatic rings. The van der Waals surface area contributed by atoms with Gasteiger partial charge in [-0.05, 0) is 84.4 Å². The van der Waals surface area contributed by atoms with Crippen LogP contribution in [0.2, 0.25) is 0 Å². The van der Waals surface area contributed by atoms with E-state index < -0.39 is 5.60 Å². The molecule has 1 aromatic carbocycles. The molecule has 1 saturated heterocycles. The maximum absolute atomic E-state index is 13.9. The number of rotatable bonds is 15. The highest BCUT2D eigenvalue weighted by atomic mass is 16.6. The molecule has 1 fully saturated rings. The minimum Gasteiger partial charge on any atom is -0.493 e. The SMILES string of the molecule is CCOC(=O)C(CC)CC1CN(C(=O)OC(C)(C)C)CC1CN(C(=O)c1ccc(OC)c(OCCCOC)c1)C(C)C. The van der Waals surface area contributed by atoms with E-state index in [1.165, 1.54) is 0 Å². The third-order valence-corrected chi connectivity index (χ3v) is 7.40. The Balaban J connectivity index is 2.32.